The molecule has 1 aliphatic rings. The fourth-order valence-corrected chi connectivity index (χ4v) is 3.81. The number of nitrogens with one attached hydrogen (secondary N) is 1. The molecule has 0 bridgehead atoms. The number of terminal acetylenes is 1. The van der Waals surface area contributed by atoms with E-state index in [1.54, 1.807) is 16.7 Å². The number of halogens is 3. The Kier molecular flexibility index (Phi) is 5.74. The summed E-state index contributed by atoms with van der Waals surface area (Å²) in [6.45, 7) is 2.22. The van der Waals surface area contributed by atoms with Crippen LogP contribution in [0.5, 0.6) is 0 Å². The van der Waals surface area contributed by atoms with E-state index in [4.69, 9.17) is 10.8 Å². The Morgan fingerprint density at radius 1 is 1.29 bits per heavy atom. The molecule has 4 rings (SSSR count). The zero-order valence-electron chi connectivity index (χ0n) is 16.7. The Balaban J connectivity index is 1.61. The van der Waals surface area contributed by atoms with Gasteiger partial charge in [-0.1, -0.05) is 5.92 Å². The zero-order valence-corrected chi connectivity index (χ0v) is 16.7. The highest BCUT2D eigenvalue weighted by atomic mass is 19.4. The Labute approximate surface area is 177 Å². The minimum atomic E-state index is -4.48. The van der Waals surface area contributed by atoms with E-state index in [0.29, 0.717) is 30.7 Å². The molecule has 0 radical (unpaired) electrons. The number of furan rings is 1. The molecular weight excluding hydrogens is 409 g/mol. The van der Waals surface area contributed by atoms with Crippen LogP contribution in [0, 0.1) is 18.3 Å². The van der Waals surface area contributed by atoms with Gasteiger partial charge in [0.2, 0.25) is 11.9 Å². The minimum Gasteiger partial charge on any atom is -0.467 e. The van der Waals surface area contributed by atoms with Crippen molar-refractivity contribution in [1.29, 1.82) is 0 Å². The number of anilines is 1. The van der Waals surface area contributed by atoms with Crippen LogP contribution in [-0.2, 0) is 17.5 Å². The normalized spacial score (nSPS) is 15.8. The topological polar surface area (TPSA) is 63.3 Å². The first-order chi connectivity index (χ1) is 14.8. The molecule has 3 heterocycles. The number of carbonyl (C=O) groups is 1. The molecule has 1 N–H and O–H groups in total. The summed E-state index contributed by atoms with van der Waals surface area (Å²) in [5, 5.41) is 2.82. The number of benzene rings is 1. The minimum absolute atomic E-state index is 0.153. The van der Waals surface area contributed by atoms with Gasteiger partial charge in [0.25, 0.3) is 0 Å². The van der Waals surface area contributed by atoms with Crippen LogP contribution in [-0.4, -0.2) is 40.0 Å². The number of likely N-dealkylation sites (tertiary alicyclic amines) is 1. The third-order valence-electron chi connectivity index (χ3n) is 5.48. The van der Waals surface area contributed by atoms with Crippen molar-refractivity contribution >= 4 is 22.9 Å². The summed E-state index contributed by atoms with van der Waals surface area (Å²) < 4.78 is 46.4. The van der Waals surface area contributed by atoms with Crippen LogP contribution < -0.4 is 5.32 Å². The average Bonchev–Trinajstić information content (AvgIpc) is 3.36. The lowest BCUT2D eigenvalue weighted by atomic mass is 9.96. The highest BCUT2D eigenvalue weighted by Crippen LogP contribution is 2.32. The first-order valence-corrected chi connectivity index (χ1v) is 9.91. The van der Waals surface area contributed by atoms with E-state index >= 15 is 0 Å². The average molecular weight is 430 g/mol. The Bertz CT molecular complexity index is 1100. The number of amides is 1. The zero-order chi connectivity index (χ0) is 22.0. The van der Waals surface area contributed by atoms with Crippen molar-refractivity contribution in [3.05, 3.63) is 47.9 Å². The van der Waals surface area contributed by atoms with Crippen LogP contribution in [0.15, 0.2) is 41.0 Å². The fourth-order valence-electron chi connectivity index (χ4n) is 3.81. The molecule has 0 spiro atoms. The van der Waals surface area contributed by atoms with E-state index in [-0.39, 0.29) is 29.8 Å². The van der Waals surface area contributed by atoms with Gasteiger partial charge in [0, 0.05) is 5.92 Å². The highest BCUT2D eigenvalue weighted by molar-refractivity contribution is 5.93. The van der Waals surface area contributed by atoms with E-state index in [0.717, 1.165) is 25.2 Å². The van der Waals surface area contributed by atoms with E-state index in [9.17, 15) is 18.0 Å². The van der Waals surface area contributed by atoms with Crippen molar-refractivity contribution in [2.45, 2.75) is 25.6 Å². The van der Waals surface area contributed by atoms with Crippen LogP contribution in [0.25, 0.3) is 11.0 Å². The molecule has 0 unspecified atom stereocenters. The standard InChI is InChI=1S/C22H21F3N4O2/c1-2-9-28-10-7-15(8-11-28)20(30)27-21-26-18-13-16(22(23,24)25)5-6-19(18)29(21)14-17-4-3-12-31-17/h1,3-6,12-13,15H,7-11,14H2,(H,26,27,30). The molecule has 0 atom stereocenters. The molecule has 1 aromatic carbocycles. The van der Waals surface area contributed by atoms with Gasteiger partial charge < -0.3 is 8.98 Å². The summed E-state index contributed by atoms with van der Waals surface area (Å²) in [6.07, 6.45) is 3.69. The van der Waals surface area contributed by atoms with E-state index in [1.807, 2.05) is 0 Å². The van der Waals surface area contributed by atoms with Crippen LogP contribution in [0.3, 0.4) is 0 Å². The van der Waals surface area contributed by atoms with Crippen molar-refractivity contribution in [1.82, 2.24) is 14.5 Å². The smallest absolute Gasteiger partial charge is 0.416 e. The van der Waals surface area contributed by atoms with Gasteiger partial charge in [-0.25, -0.2) is 4.98 Å². The molecule has 1 saturated heterocycles. The van der Waals surface area contributed by atoms with Crippen molar-refractivity contribution in [3.8, 4) is 12.3 Å². The van der Waals surface area contributed by atoms with E-state index in [1.165, 1.54) is 12.3 Å². The van der Waals surface area contributed by atoms with Crippen molar-refractivity contribution < 1.29 is 22.4 Å². The fraction of sp³-hybridized carbons (Fsp3) is 0.364. The Morgan fingerprint density at radius 3 is 2.71 bits per heavy atom. The van der Waals surface area contributed by atoms with Crippen LogP contribution in [0.2, 0.25) is 0 Å². The quantitative estimate of drug-likeness (QED) is 0.622. The van der Waals surface area contributed by atoms with Crippen molar-refractivity contribution in [3.63, 3.8) is 0 Å². The number of alkyl halides is 3. The third kappa shape index (κ3) is 4.59. The number of piperidine rings is 1. The van der Waals surface area contributed by atoms with Gasteiger partial charge in [0.15, 0.2) is 0 Å². The maximum absolute atomic E-state index is 13.1. The number of carbonyl (C=O) groups excluding carboxylic acids is 1. The van der Waals surface area contributed by atoms with Gasteiger partial charge in [-0.3, -0.25) is 15.0 Å². The molecular formula is C22H21F3N4O2. The second kappa shape index (κ2) is 8.47. The highest BCUT2D eigenvalue weighted by Gasteiger charge is 2.31. The Hall–Kier alpha value is -3.25. The van der Waals surface area contributed by atoms with Crippen molar-refractivity contribution in [2.75, 3.05) is 25.0 Å². The second-order valence-corrected chi connectivity index (χ2v) is 7.55. The number of hydrogen-bond donors (Lipinski definition) is 1. The first-order valence-electron chi connectivity index (χ1n) is 9.91. The van der Waals surface area contributed by atoms with Gasteiger partial charge in [-0.2, -0.15) is 13.2 Å². The predicted molar refractivity (Wildman–Crippen MR) is 109 cm³/mol. The van der Waals surface area contributed by atoms with Crippen molar-refractivity contribution in [2.24, 2.45) is 5.92 Å². The second-order valence-electron chi connectivity index (χ2n) is 7.55. The maximum atomic E-state index is 13.1. The monoisotopic (exact) mass is 430 g/mol. The predicted octanol–water partition coefficient (Wildman–Crippen LogP) is 3.98. The molecule has 1 amide bonds. The SMILES string of the molecule is C#CCN1CCC(C(=O)Nc2nc3cc(C(F)(F)F)ccc3n2Cc2ccco2)CC1. The summed E-state index contributed by atoms with van der Waals surface area (Å²) in [7, 11) is 0. The van der Waals surface area contributed by atoms with Crippen LogP contribution in [0.4, 0.5) is 19.1 Å². The number of imidazole rings is 1. The summed E-state index contributed by atoms with van der Waals surface area (Å²) in [5.74, 6) is 2.98. The number of fused-ring (bicyclic) bond motifs is 1. The maximum Gasteiger partial charge on any atom is 0.416 e. The molecule has 0 saturated carbocycles. The molecule has 6 nitrogen and oxygen atoms in total. The molecule has 3 aromatic rings. The summed E-state index contributed by atoms with van der Waals surface area (Å²) in [6, 6.07) is 6.83. The lowest BCUT2D eigenvalue weighted by Gasteiger charge is -2.29. The molecule has 2 aromatic heterocycles. The van der Waals surface area contributed by atoms with Gasteiger partial charge in [-0.15, -0.1) is 6.42 Å². The number of aromatic nitrogens is 2. The van der Waals surface area contributed by atoms with Gasteiger partial charge >= 0.3 is 6.18 Å². The molecule has 1 fully saturated rings. The van der Waals surface area contributed by atoms with Crippen LogP contribution in [0.1, 0.15) is 24.2 Å². The summed E-state index contributed by atoms with van der Waals surface area (Å²) in [5.41, 5.74) is -0.162. The van der Waals surface area contributed by atoms with Gasteiger partial charge in [0.1, 0.15) is 5.76 Å². The molecule has 9 heteroatoms. The first kappa shape index (κ1) is 21.0. The Morgan fingerprint density at radius 2 is 2.06 bits per heavy atom. The molecule has 31 heavy (non-hydrogen) atoms. The van der Waals surface area contributed by atoms with Gasteiger partial charge in [-0.05, 0) is 56.3 Å². The van der Waals surface area contributed by atoms with E-state index < -0.39 is 11.7 Å². The summed E-state index contributed by atoms with van der Waals surface area (Å²) in [4.78, 5) is 19.3. The number of hydrogen-bond acceptors (Lipinski definition) is 4. The lowest BCUT2D eigenvalue weighted by molar-refractivity contribution is -0.137. The molecule has 1 aliphatic heterocycles. The molecule has 0 aliphatic carbocycles. The van der Waals surface area contributed by atoms with Crippen LogP contribution >= 0.6 is 0 Å². The van der Waals surface area contributed by atoms with Gasteiger partial charge in [0.05, 0.1) is 35.9 Å². The molecule has 162 valence electrons. The lowest BCUT2D eigenvalue weighted by Crippen LogP contribution is -2.38. The largest absolute Gasteiger partial charge is 0.467 e. The summed E-state index contributed by atoms with van der Waals surface area (Å²) >= 11 is 0. The third-order valence-corrected chi connectivity index (χ3v) is 5.48. The van der Waals surface area contributed by atoms with E-state index in [2.05, 4.69) is 21.1 Å². The number of rotatable bonds is 5. The number of nitrogens with zero attached hydrogens (tertiary/aromatic N) is 3.